The van der Waals surface area contributed by atoms with Crippen LogP contribution in [-0.4, -0.2) is 43.2 Å². The van der Waals surface area contributed by atoms with Crippen molar-refractivity contribution < 1.29 is 4.79 Å². The fourth-order valence-electron chi connectivity index (χ4n) is 2.66. The van der Waals surface area contributed by atoms with Gasteiger partial charge in [-0.15, -0.1) is 0 Å². The maximum atomic E-state index is 12.1. The molecule has 0 aromatic heterocycles. The molecular weight excluding hydrogens is 282 g/mol. The Kier molecular flexibility index (Phi) is 4.01. The van der Waals surface area contributed by atoms with Crippen LogP contribution in [0.3, 0.4) is 0 Å². The van der Waals surface area contributed by atoms with Crippen LogP contribution in [0.2, 0.25) is 0 Å². The lowest BCUT2D eigenvalue weighted by molar-refractivity contribution is -0.121. The molecule has 0 unspecified atom stereocenters. The first kappa shape index (κ1) is 14.2. The highest BCUT2D eigenvalue weighted by Gasteiger charge is 2.29. The molecule has 0 radical (unpaired) electrons. The number of thioether (sulfide) groups is 1. The van der Waals surface area contributed by atoms with E-state index in [1.54, 1.807) is 19.0 Å². The summed E-state index contributed by atoms with van der Waals surface area (Å²) < 4.78 is 0. The molecule has 0 atom stereocenters. The number of likely N-dealkylation sites (N-methyl/N-ethyl adjacent to an activating group) is 1. The highest BCUT2D eigenvalue weighted by molar-refractivity contribution is 8.18. The molecular formula is C16H19N3OS. The Bertz CT molecular complexity index is 600. The van der Waals surface area contributed by atoms with Crippen LogP contribution in [0.4, 0.5) is 5.69 Å². The molecule has 2 fully saturated rings. The highest BCUT2D eigenvalue weighted by atomic mass is 32.2. The summed E-state index contributed by atoms with van der Waals surface area (Å²) in [7, 11) is 3.47. The number of amidine groups is 1. The maximum absolute atomic E-state index is 12.1. The monoisotopic (exact) mass is 301 g/mol. The molecule has 5 heteroatoms. The molecule has 2 heterocycles. The summed E-state index contributed by atoms with van der Waals surface area (Å²) in [5.74, 6) is 0.0178. The van der Waals surface area contributed by atoms with E-state index in [0.29, 0.717) is 0 Å². The van der Waals surface area contributed by atoms with Crippen molar-refractivity contribution in [3.63, 3.8) is 0 Å². The van der Waals surface area contributed by atoms with Gasteiger partial charge in [0.25, 0.3) is 5.91 Å². The van der Waals surface area contributed by atoms with E-state index in [1.165, 1.54) is 30.3 Å². The number of carbonyl (C=O) groups is 1. The summed E-state index contributed by atoms with van der Waals surface area (Å²) in [6.07, 6.45) is 4.50. The number of carbonyl (C=O) groups excluding carboxylic acids is 1. The number of aliphatic imine (C=N–C) groups is 1. The van der Waals surface area contributed by atoms with Crippen LogP contribution in [0.5, 0.6) is 0 Å². The smallest absolute Gasteiger partial charge is 0.266 e. The van der Waals surface area contributed by atoms with Gasteiger partial charge in [0.05, 0.1) is 4.91 Å². The van der Waals surface area contributed by atoms with Crippen LogP contribution in [0.15, 0.2) is 34.2 Å². The van der Waals surface area contributed by atoms with Crippen molar-refractivity contribution in [2.24, 2.45) is 4.99 Å². The predicted octanol–water partition coefficient (Wildman–Crippen LogP) is 2.82. The molecule has 2 aliphatic heterocycles. The van der Waals surface area contributed by atoms with Crippen molar-refractivity contribution in [2.75, 3.05) is 32.1 Å². The lowest BCUT2D eigenvalue weighted by Gasteiger charge is -2.17. The maximum Gasteiger partial charge on any atom is 0.266 e. The molecule has 3 rings (SSSR count). The fourth-order valence-corrected chi connectivity index (χ4v) is 3.58. The van der Waals surface area contributed by atoms with E-state index in [4.69, 9.17) is 0 Å². The minimum absolute atomic E-state index is 0.0178. The van der Waals surface area contributed by atoms with Crippen LogP contribution < -0.4 is 4.90 Å². The average Bonchev–Trinajstić information content (AvgIpc) is 3.12. The number of hydrogen-bond acceptors (Lipinski definition) is 4. The Labute approximate surface area is 129 Å². The number of anilines is 1. The van der Waals surface area contributed by atoms with Gasteiger partial charge in [-0.1, -0.05) is 12.1 Å². The third-order valence-electron chi connectivity index (χ3n) is 3.86. The zero-order valence-corrected chi connectivity index (χ0v) is 13.2. The van der Waals surface area contributed by atoms with Crippen LogP contribution in [-0.2, 0) is 4.79 Å². The van der Waals surface area contributed by atoms with E-state index in [2.05, 4.69) is 34.2 Å². The molecule has 21 heavy (non-hydrogen) atoms. The van der Waals surface area contributed by atoms with E-state index in [9.17, 15) is 4.79 Å². The van der Waals surface area contributed by atoms with Gasteiger partial charge in [0.1, 0.15) is 0 Å². The predicted molar refractivity (Wildman–Crippen MR) is 89.6 cm³/mol. The SMILES string of the molecule is CN=C1S/C(=C/c2ccc(N3CCCC3)cc2)C(=O)N1C. The fraction of sp³-hybridized carbons (Fsp3) is 0.375. The van der Waals surface area contributed by atoms with Gasteiger partial charge in [-0.05, 0) is 48.4 Å². The topological polar surface area (TPSA) is 35.9 Å². The highest BCUT2D eigenvalue weighted by Crippen LogP contribution is 2.31. The van der Waals surface area contributed by atoms with Crippen molar-refractivity contribution in [3.8, 4) is 0 Å². The first-order chi connectivity index (χ1) is 10.2. The molecule has 0 N–H and O–H groups in total. The Hall–Kier alpha value is -1.75. The van der Waals surface area contributed by atoms with Crippen LogP contribution in [0, 0.1) is 0 Å². The second-order valence-electron chi connectivity index (χ2n) is 5.27. The zero-order chi connectivity index (χ0) is 14.8. The molecule has 0 aliphatic carbocycles. The van der Waals surface area contributed by atoms with Gasteiger partial charge >= 0.3 is 0 Å². The van der Waals surface area contributed by atoms with Gasteiger partial charge in [0.2, 0.25) is 0 Å². The third-order valence-corrected chi connectivity index (χ3v) is 5.01. The Morgan fingerprint density at radius 3 is 2.43 bits per heavy atom. The first-order valence-corrected chi connectivity index (χ1v) is 8.00. The molecule has 1 aromatic carbocycles. The van der Waals surface area contributed by atoms with Crippen molar-refractivity contribution in [1.29, 1.82) is 0 Å². The van der Waals surface area contributed by atoms with Crippen molar-refractivity contribution in [2.45, 2.75) is 12.8 Å². The van der Waals surface area contributed by atoms with Gasteiger partial charge in [-0.2, -0.15) is 0 Å². The van der Waals surface area contributed by atoms with Gasteiger partial charge in [0, 0.05) is 32.9 Å². The lowest BCUT2D eigenvalue weighted by atomic mass is 10.2. The Balaban J connectivity index is 1.78. The number of nitrogens with zero attached hydrogens (tertiary/aromatic N) is 3. The number of hydrogen-bond donors (Lipinski definition) is 0. The number of benzene rings is 1. The van der Waals surface area contributed by atoms with Gasteiger partial charge in [-0.3, -0.25) is 14.7 Å². The number of amides is 1. The molecule has 2 aliphatic rings. The molecule has 0 spiro atoms. The van der Waals surface area contributed by atoms with Gasteiger partial charge in [-0.25, -0.2) is 0 Å². The first-order valence-electron chi connectivity index (χ1n) is 7.18. The molecule has 1 amide bonds. The third kappa shape index (κ3) is 2.83. The van der Waals surface area contributed by atoms with Gasteiger partial charge < -0.3 is 4.90 Å². The van der Waals surface area contributed by atoms with Crippen LogP contribution in [0.25, 0.3) is 6.08 Å². The van der Waals surface area contributed by atoms with Crippen LogP contribution in [0.1, 0.15) is 18.4 Å². The standard InChI is InChI=1S/C16H19N3OS/c1-17-16-18(2)15(20)14(21-16)11-12-5-7-13(8-6-12)19-9-3-4-10-19/h5-8,11H,3-4,9-10H2,1-2H3/b14-11+,17-16?. The second-order valence-corrected chi connectivity index (χ2v) is 6.28. The molecule has 110 valence electrons. The lowest BCUT2D eigenvalue weighted by Crippen LogP contribution is -2.23. The molecule has 1 aromatic rings. The van der Waals surface area contributed by atoms with E-state index in [0.717, 1.165) is 28.7 Å². The molecule has 4 nitrogen and oxygen atoms in total. The summed E-state index contributed by atoms with van der Waals surface area (Å²) >= 11 is 1.43. The van der Waals surface area contributed by atoms with E-state index < -0.39 is 0 Å². The van der Waals surface area contributed by atoms with Crippen molar-refractivity contribution in [1.82, 2.24) is 4.90 Å². The number of rotatable bonds is 2. The Morgan fingerprint density at radius 1 is 1.19 bits per heavy atom. The van der Waals surface area contributed by atoms with Crippen molar-refractivity contribution >= 4 is 34.6 Å². The van der Waals surface area contributed by atoms with Gasteiger partial charge in [0.15, 0.2) is 5.17 Å². The summed E-state index contributed by atoms with van der Waals surface area (Å²) in [5, 5.41) is 0.750. The normalized spacial score (nSPS) is 22.9. The summed E-state index contributed by atoms with van der Waals surface area (Å²) in [4.78, 5) is 20.9. The quantitative estimate of drug-likeness (QED) is 0.788. The minimum Gasteiger partial charge on any atom is -0.372 e. The second kappa shape index (κ2) is 5.93. The largest absolute Gasteiger partial charge is 0.372 e. The molecule has 2 saturated heterocycles. The van der Waals surface area contributed by atoms with E-state index >= 15 is 0 Å². The Morgan fingerprint density at radius 2 is 1.86 bits per heavy atom. The van der Waals surface area contributed by atoms with E-state index in [-0.39, 0.29) is 5.91 Å². The molecule has 0 saturated carbocycles. The van der Waals surface area contributed by atoms with Crippen molar-refractivity contribution in [3.05, 3.63) is 34.7 Å². The minimum atomic E-state index is 0.0178. The summed E-state index contributed by atoms with van der Waals surface area (Å²) in [6, 6.07) is 8.44. The average molecular weight is 301 g/mol. The summed E-state index contributed by atoms with van der Waals surface area (Å²) in [5.41, 5.74) is 2.33. The molecule has 0 bridgehead atoms. The van der Waals surface area contributed by atoms with Crippen LogP contribution >= 0.6 is 11.8 Å². The zero-order valence-electron chi connectivity index (χ0n) is 12.4. The summed E-state index contributed by atoms with van der Waals surface area (Å²) in [6.45, 7) is 2.30. The van der Waals surface area contributed by atoms with E-state index in [1.807, 2.05) is 6.08 Å².